The van der Waals surface area contributed by atoms with E-state index in [1.807, 2.05) is 12.1 Å². The molecular weight excluding hydrogens is 250 g/mol. The first kappa shape index (κ1) is 16.8. The third kappa shape index (κ3) is 4.71. The molecule has 1 aromatic rings. The number of nitrogens with one attached hydrogen (secondary N) is 1. The second-order valence-corrected chi connectivity index (χ2v) is 5.27. The average molecular weight is 279 g/mol. The van der Waals surface area contributed by atoms with E-state index in [-0.39, 0.29) is 6.04 Å². The van der Waals surface area contributed by atoms with E-state index in [0.717, 1.165) is 11.5 Å². The van der Waals surface area contributed by atoms with Crippen molar-refractivity contribution in [2.45, 2.75) is 58.5 Å². The number of methoxy groups -OCH3 is 2. The molecule has 1 rings (SSSR count). The van der Waals surface area contributed by atoms with Crippen molar-refractivity contribution < 1.29 is 9.47 Å². The first-order chi connectivity index (χ1) is 9.65. The fraction of sp³-hybridized carbons (Fsp3) is 0.647. The van der Waals surface area contributed by atoms with Crippen molar-refractivity contribution in [2.75, 3.05) is 14.2 Å². The second kappa shape index (κ2) is 8.85. The molecule has 0 radical (unpaired) electrons. The lowest BCUT2D eigenvalue weighted by atomic mass is 10.0. The van der Waals surface area contributed by atoms with Crippen LogP contribution in [0.2, 0.25) is 0 Å². The van der Waals surface area contributed by atoms with E-state index in [9.17, 15) is 0 Å². The molecule has 1 unspecified atom stereocenters. The summed E-state index contributed by atoms with van der Waals surface area (Å²) in [5, 5.41) is 3.73. The third-order valence-corrected chi connectivity index (χ3v) is 3.67. The van der Waals surface area contributed by atoms with E-state index < -0.39 is 0 Å². The summed E-state index contributed by atoms with van der Waals surface area (Å²) in [6, 6.07) is 6.88. The van der Waals surface area contributed by atoms with Crippen LogP contribution in [-0.2, 0) is 0 Å². The Bertz CT molecular complexity index is 387. The SMILES string of the molecule is CCCC(CCC)NC(C)c1ccc(OC)cc1OC. The molecule has 1 atom stereocenters. The van der Waals surface area contributed by atoms with Crippen LogP contribution in [-0.4, -0.2) is 20.3 Å². The Morgan fingerprint density at radius 3 is 2.20 bits per heavy atom. The summed E-state index contributed by atoms with van der Waals surface area (Å²) in [6.45, 7) is 6.68. The standard InChI is InChI=1S/C17H29NO2/c1-6-8-14(9-7-2)18-13(3)16-11-10-15(19-4)12-17(16)20-5/h10-14,18H,6-9H2,1-5H3. The highest BCUT2D eigenvalue weighted by atomic mass is 16.5. The maximum atomic E-state index is 5.49. The van der Waals surface area contributed by atoms with Gasteiger partial charge < -0.3 is 14.8 Å². The lowest BCUT2D eigenvalue weighted by Crippen LogP contribution is -2.31. The van der Waals surface area contributed by atoms with E-state index in [4.69, 9.17) is 9.47 Å². The maximum Gasteiger partial charge on any atom is 0.127 e. The summed E-state index contributed by atoms with van der Waals surface area (Å²) < 4.78 is 10.7. The molecule has 0 saturated heterocycles. The van der Waals surface area contributed by atoms with Crippen LogP contribution in [0.5, 0.6) is 11.5 Å². The summed E-state index contributed by atoms with van der Waals surface area (Å²) in [5.74, 6) is 1.72. The number of hydrogen-bond acceptors (Lipinski definition) is 3. The Balaban J connectivity index is 2.81. The summed E-state index contributed by atoms with van der Waals surface area (Å²) in [5.41, 5.74) is 1.19. The van der Waals surface area contributed by atoms with Gasteiger partial charge in [0.2, 0.25) is 0 Å². The number of hydrogen-bond donors (Lipinski definition) is 1. The average Bonchev–Trinajstić information content (AvgIpc) is 2.46. The summed E-state index contributed by atoms with van der Waals surface area (Å²) in [4.78, 5) is 0. The Morgan fingerprint density at radius 2 is 1.70 bits per heavy atom. The van der Waals surface area contributed by atoms with Gasteiger partial charge >= 0.3 is 0 Å². The Hall–Kier alpha value is -1.22. The second-order valence-electron chi connectivity index (χ2n) is 5.27. The molecule has 1 aromatic carbocycles. The molecule has 0 fully saturated rings. The molecule has 0 spiro atoms. The Kier molecular flexibility index (Phi) is 7.45. The van der Waals surface area contributed by atoms with Crippen molar-refractivity contribution in [1.82, 2.24) is 5.32 Å². The van der Waals surface area contributed by atoms with Crippen LogP contribution >= 0.6 is 0 Å². The zero-order valence-corrected chi connectivity index (χ0v) is 13.5. The summed E-state index contributed by atoms with van der Waals surface area (Å²) >= 11 is 0. The molecule has 0 heterocycles. The van der Waals surface area contributed by atoms with E-state index in [1.54, 1.807) is 14.2 Å². The van der Waals surface area contributed by atoms with Crippen LogP contribution in [0.25, 0.3) is 0 Å². The molecule has 0 aliphatic carbocycles. The van der Waals surface area contributed by atoms with Gasteiger partial charge in [-0.1, -0.05) is 32.8 Å². The smallest absolute Gasteiger partial charge is 0.127 e. The molecule has 3 heteroatoms. The molecule has 1 N–H and O–H groups in total. The van der Waals surface area contributed by atoms with Crippen molar-refractivity contribution in [1.29, 1.82) is 0 Å². The topological polar surface area (TPSA) is 30.5 Å². The van der Waals surface area contributed by atoms with Crippen LogP contribution in [0, 0.1) is 0 Å². The van der Waals surface area contributed by atoms with Gasteiger partial charge in [-0.3, -0.25) is 0 Å². The molecule has 0 saturated carbocycles. The van der Waals surface area contributed by atoms with Crippen molar-refractivity contribution in [2.24, 2.45) is 0 Å². The zero-order valence-electron chi connectivity index (χ0n) is 13.5. The first-order valence-corrected chi connectivity index (χ1v) is 7.64. The van der Waals surface area contributed by atoms with Gasteiger partial charge in [0.25, 0.3) is 0 Å². The van der Waals surface area contributed by atoms with Gasteiger partial charge in [0.15, 0.2) is 0 Å². The highest BCUT2D eigenvalue weighted by molar-refractivity contribution is 5.42. The molecule has 0 amide bonds. The minimum absolute atomic E-state index is 0.277. The van der Waals surface area contributed by atoms with Crippen LogP contribution in [0.3, 0.4) is 0 Å². The zero-order chi connectivity index (χ0) is 15.0. The van der Waals surface area contributed by atoms with Crippen molar-refractivity contribution in [3.8, 4) is 11.5 Å². The van der Waals surface area contributed by atoms with E-state index >= 15 is 0 Å². The molecule has 0 aliphatic rings. The van der Waals surface area contributed by atoms with Crippen LogP contribution in [0.1, 0.15) is 58.1 Å². The van der Waals surface area contributed by atoms with Crippen LogP contribution in [0.15, 0.2) is 18.2 Å². The Morgan fingerprint density at radius 1 is 1.05 bits per heavy atom. The predicted octanol–water partition coefficient (Wildman–Crippen LogP) is 4.32. The van der Waals surface area contributed by atoms with Gasteiger partial charge in [0, 0.05) is 23.7 Å². The summed E-state index contributed by atoms with van der Waals surface area (Å²) in [7, 11) is 3.38. The van der Waals surface area contributed by atoms with Crippen molar-refractivity contribution in [3.05, 3.63) is 23.8 Å². The lowest BCUT2D eigenvalue weighted by Gasteiger charge is -2.24. The van der Waals surface area contributed by atoms with Crippen LogP contribution in [0.4, 0.5) is 0 Å². The number of ether oxygens (including phenoxy) is 2. The third-order valence-electron chi connectivity index (χ3n) is 3.67. The fourth-order valence-electron chi connectivity index (χ4n) is 2.63. The molecule has 0 aromatic heterocycles. The minimum Gasteiger partial charge on any atom is -0.497 e. The number of rotatable bonds is 9. The first-order valence-electron chi connectivity index (χ1n) is 7.64. The number of benzene rings is 1. The molecule has 114 valence electrons. The largest absolute Gasteiger partial charge is 0.497 e. The summed E-state index contributed by atoms with van der Waals surface area (Å²) in [6.07, 6.45) is 4.86. The molecule has 0 aliphatic heterocycles. The Labute approximate surface area is 123 Å². The maximum absolute atomic E-state index is 5.49. The highest BCUT2D eigenvalue weighted by Gasteiger charge is 2.16. The quantitative estimate of drug-likeness (QED) is 0.730. The normalized spacial score (nSPS) is 12.5. The van der Waals surface area contributed by atoms with Gasteiger partial charge in [-0.2, -0.15) is 0 Å². The molecular formula is C17H29NO2. The van der Waals surface area contributed by atoms with Gasteiger partial charge in [-0.25, -0.2) is 0 Å². The predicted molar refractivity (Wildman–Crippen MR) is 84.7 cm³/mol. The highest BCUT2D eigenvalue weighted by Crippen LogP contribution is 2.30. The van der Waals surface area contributed by atoms with E-state index in [0.29, 0.717) is 6.04 Å². The monoisotopic (exact) mass is 279 g/mol. The van der Waals surface area contributed by atoms with E-state index in [2.05, 4.69) is 32.2 Å². The van der Waals surface area contributed by atoms with Crippen molar-refractivity contribution in [3.63, 3.8) is 0 Å². The van der Waals surface area contributed by atoms with Gasteiger partial charge in [-0.15, -0.1) is 0 Å². The van der Waals surface area contributed by atoms with Gasteiger partial charge in [-0.05, 0) is 25.8 Å². The van der Waals surface area contributed by atoms with Gasteiger partial charge in [0.05, 0.1) is 14.2 Å². The van der Waals surface area contributed by atoms with Gasteiger partial charge in [0.1, 0.15) is 11.5 Å². The molecule has 3 nitrogen and oxygen atoms in total. The van der Waals surface area contributed by atoms with E-state index in [1.165, 1.54) is 31.2 Å². The molecule has 0 bridgehead atoms. The van der Waals surface area contributed by atoms with Crippen molar-refractivity contribution >= 4 is 0 Å². The fourth-order valence-corrected chi connectivity index (χ4v) is 2.63. The van der Waals surface area contributed by atoms with Crippen LogP contribution < -0.4 is 14.8 Å². The molecule has 20 heavy (non-hydrogen) atoms. The minimum atomic E-state index is 0.277. The lowest BCUT2D eigenvalue weighted by molar-refractivity contribution is 0.370.